The third kappa shape index (κ3) is 6.40. The lowest BCUT2D eigenvalue weighted by Gasteiger charge is -2.00. The quantitative estimate of drug-likeness (QED) is 0.374. The second-order valence-corrected chi connectivity index (χ2v) is 3.42. The largest absolute Gasteiger partial charge is 0.469 e. The minimum absolute atomic E-state index is 0.166. The number of allylic oxidation sites excluding steroid dienone is 1. The molecule has 0 unspecified atom stereocenters. The molecule has 0 fully saturated rings. The van der Waals surface area contributed by atoms with E-state index in [2.05, 4.69) is 16.4 Å². The highest BCUT2D eigenvalue weighted by molar-refractivity contribution is 7.99. The van der Waals surface area contributed by atoms with Crippen molar-refractivity contribution in [3.8, 4) is 0 Å². The van der Waals surface area contributed by atoms with E-state index in [1.54, 1.807) is 11.8 Å². The molecule has 0 spiro atoms. The molecule has 0 N–H and O–H groups in total. The Labute approximate surface area is 83.3 Å². The number of aliphatic imine (C=N–C) groups is 1. The van der Waals surface area contributed by atoms with Gasteiger partial charge < -0.3 is 4.74 Å². The zero-order valence-electron chi connectivity index (χ0n) is 8.08. The molecule has 0 aliphatic rings. The maximum absolute atomic E-state index is 10.7. The number of thioether (sulfide) groups is 1. The van der Waals surface area contributed by atoms with Crippen LogP contribution in [0.25, 0.3) is 0 Å². The molecule has 0 aliphatic carbocycles. The van der Waals surface area contributed by atoms with E-state index in [1.165, 1.54) is 7.11 Å². The maximum atomic E-state index is 10.7. The Bertz CT molecular complexity index is 202. The zero-order chi connectivity index (χ0) is 10.1. The van der Waals surface area contributed by atoms with E-state index in [1.807, 2.05) is 13.0 Å². The molecule has 0 aromatic rings. The normalized spacial score (nSPS) is 11.1. The SMILES string of the molecule is C=N/C(=C\C)CSCCC(=O)OC. The first-order valence-electron chi connectivity index (χ1n) is 4.01. The Balaban J connectivity index is 3.45. The van der Waals surface area contributed by atoms with Crippen LogP contribution >= 0.6 is 11.8 Å². The van der Waals surface area contributed by atoms with Crippen molar-refractivity contribution in [1.29, 1.82) is 0 Å². The van der Waals surface area contributed by atoms with Crippen molar-refractivity contribution in [2.24, 2.45) is 4.99 Å². The van der Waals surface area contributed by atoms with E-state index in [0.717, 1.165) is 17.2 Å². The molecule has 0 heterocycles. The van der Waals surface area contributed by atoms with Gasteiger partial charge in [0.1, 0.15) is 0 Å². The minimum Gasteiger partial charge on any atom is -0.469 e. The van der Waals surface area contributed by atoms with Gasteiger partial charge in [-0.25, -0.2) is 0 Å². The van der Waals surface area contributed by atoms with Gasteiger partial charge in [-0.15, -0.1) is 0 Å². The molecule has 0 atom stereocenters. The average molecular weight is 201 g/mol. The molecule has 0 aromatic heterocycles. The number of hydrogen-bond donors (Lipinski definition) is 0. The Morgan fingerprint density at radius 3 is 2.85 bits per heavy atom. The fourth-order valence-electron chi connectivity index (χ4n) is 0.655. The third-order valence-corrected chi connectivity index (χ3v) is 2.46. The van der Waals surface area contributed by atoms with Crippen LogP contribution in [0.3, 0.4) is 0 Å². The first-order valence-corrected chi connectivity index (χ1v) is 5.16. The average Bonchev–Trinajstić information content (AvgIpc) is 2.18. The molecule has 0 amide bonds. The van der Waals surface area contributed by atoms with Crippen LogP contribution in [0.15, 0.2) is 16.8 Å². The predicted octanol–water partition coefficient (Wildman–Crippen LogP) is 1.89. The summed E-state index contributed by atoms with van der Waals surface area (Å²) in [7, 11) is 1.40. The van der Waals surface area contributed by atoms with Gasteiger partial charge in [-0.2, -0.15) is 11.8 Å². The van der Waals surface area contributed by atoms with Gasteiger partial charge >= 0.3 is 5.97 Å². The first kappa shape index (κ1) is 12.2. The molecule has 4 heteroatoms. The van der Waals surface area contributed by atoms with Gasteiger partial charge in [-0.3, -0.25) is 9.79 Å². The molecule has 0 bridgehead atoms. The standard InChI is InChI=1S/C9H15NO2S/c1-4-8(10-2)7-13-6-5-9(11)12-3/h4H,2,5-7H2,1,3H3/b8-4-. The van der Waals surface area contributed by atoms with E-state index < -0.39 is 0 Å². The number of carbonyl (C=O) groups excluding carboxylic acids is 1. The Hall–Kier alpha value is -0.770. The van der Waals surface area contributed by atoms with Gasteiger partial charge in [0, 0.05) is 17.2 Å². The van der Waals surface area contributed by atoms with Crippen LogP contribution in [0.1, 0.15) is 13.3 Å². The Kier molecular flexibility index (Phi) is 7.39. The van der Waals surface area contributed by atoms with E-state index in [0.29, 0.717) is 6.42 Å². The highest BCUT2D eigenvalue weighted by Gasteiger charge is 1.99. The van der Waals surface area contributed by atoms with E-state index in [4.69, 9.17) is 0 Å². The highest BCUT2D eigenvalue weighted by Crippen LogP contribution is 2.09. The lowest BCUT2D eigenvalue weighted by molar-refractivity contribution is -0.140. The van der Waals surface area contributed by atoms with E-state index in [9.17, 15) is 4.79 Å². The van der Waals surface area contributed by atoms with Gasteiger partial charge in [-0.05, 0) is 13.6 Å². The van der Waals surface area contributed by atoms with Crippen LogP contribution in [0.5, 0.6) is 0 Å². The van der Waals surface area contributed by atoms with Crippen molar-refractivity contribution in [2.75, 3.05) is 18.6 Å². The molecule has 0 aromatic carbocycles. The molecule has 3 nitrogen and oxygen atoms in total. The predicted molar refractivity (Wildman–Crippen MR) is 57.3 cm³/mol. The van der Waals surface area contributed by atoms with Gasteiger partial charge in [-0.1, -0.05) is 6.08 Å². The molecule has 0 saturated carbocycles. The van der Waals surface area contributed by atoms with Gasteiger partial charge in [0.15, 0.2) is 0 Å². The molecule has 0 aliphatic heterocycles. The smallest absolute Gasteiger partial charge is 0.306 e. The number of methoxy groups -OCH3 is 1. The molecule has 0 saturated heterocycles. The second kappa shape index (κ2) is 7.86. The molecular formula is C9H15NO2S. The Morgan fingerprint density at radius 1 is 1.69 bits per heavy atom. The topological polar surface area (TPSA) is 38.7 Å². The summed E-state index contributed by atoms with van der Waals surface area (Å²) in [5.41, 5.74) is 0.954. The minimum atomic E-state index is -0.166. The third-order valence-electron chi connectivity index (χ3n) is 1.46. The summed E-state index contributed by atoms with van der Waals surface area (Å²) in [5.74, 6) is 1.40. The fourth-order valence-corrected chi connectivity index (χ4v) is 1.58. The van der Waals surface area contributed by atoms with Crippen molar-refractivity contribution >= 4 is 24.4 Å². The zero-order valence-corrected chi connectivity index (χ0v) is 8.89. The van der Waals surface area contributed by atoms with Crippen molar-refractivity contribution in [3.63, 3.8) is 0 Å². The molecule has 0 rings (SSSR count). The summed E-state index contributed by atoms with van der Waals surface area (Å²) in [6.07, 6.45) is 2.37. The summed E-state index contributed by atoms with van der Waals surface area (Å²) < 4.78 is 4.51. The number of rotatable bonds is 6. The molecule has 0 radical (unpaired) electrons. The lowest BCUT2D eigenvalue weighted by atomic mass is 10.5. The van der Waals surface area contributed by atoms with Crippen LogP contribution in [0.2, 0.25) is 0 Å². The molecular weight excluding hydrogens is 186 g/mol. The maximum Gasteiger partial charge on any atom is 0.306 e. The van der Waals surface area contributed by atoms with Crippen molar-refractivity contribution in [1.82, 2.24) is 0 Å². The van der Waals surface area contributed by atoms with Crippen molar-refractivity contribution in [3.05, 3.63) is 11.8 Å². The van der Waals surface area contributed by atoms with Crippen molar-refractivity contribution in [2.45, 2.75) is 13.3 Å². The number of carbonyl (C=O) groups is 1. The van der Waals surface area contributed by atoms with Crippen LogP contribution in [0, 0.1) is 0 Å². The summed E-state index contributed by atoms with van der Waals surface area (Å²) in [6, 6.07) is 0. The second-order valence-electron chi connectivity index (χ2n) is 2.32. The van der Waals surface area contributed by atoms with Gasteiger partial charge in [0.2, 0.25) is 0 Å². The highest BCUT2D eigenvalue weighted by atomic mass is 32.2. The van der Waals surface area contributed by atoms with Crippen LogP contribution in [-0.2, 0) is 9.53 Å². The Morgan fingerprint density at radius 2 is 2.38 bits per heavy atom. The summed E-state index contributed by atoms with van der Waals surface area (Å²) in [4.78, 5) is 14.5. The number of hydrogen-bond acceptors (Lipinski definition) is 4. The number of ether oxygens (including phenoxy) is 1. The van der Waals surface area contributed by atoms with Crippen LogP contribution < -0.4 is 0 Å². The number of nitrogens with zero attached hydrogens (tertiary/aromatic N) is 1. The van der Waals surface area contributed by atoms with E-state index >= 15 is 0 Å². The monoisotopic (exact) mass is 201 g/mol. The van der Waals surface area contributed by atoms with Crippen LogP contribution in [-0.4, -0.2) is 31.3 Å². The van der Waals surface area contributed by atoms with E-state index in [-0.39, 0.29) is 5.97 Å². The molecule has 13 heavy (non-hydrogen) atoms. The summed E-state index contributed by atoms with van der Waals surface area (Å²) in [5, 5.41) is 0. The summed E-state index contributed by atoms with van der Waals surface area (Å²) in [6.45, 7) is 5.36. The molecule has 74 valence electrons. The van der Waals surface area contributed by atoms with Crippen molar-refractivity contribution < 1.29 is 9.53 Å². The van der Waals surface area contributed by atoms with Gasteiger partial charge in [0.25, 0.3) is 0 Å². The fraction of sp³-hybridized carbons (Fsp3) is 0.556. The first-order chi connectivity index (χ1) is 6.24. The van der Waals surface area contributed by atoms with Crippen LogP contribution in [0.4, 0.5) is 0 Å². The van der Waals surface area contributed by atoms with Gasteiger partial charge in [0.05, 0.1) is 13.5 Å². The number of esters is 1. The summed E-state index contributed by atoms with van der Waals surface area (Å²) >= 11 is 1.65. The lowest BCUT2D eigenvalue weighted by Crippen LogP contribution is -2.01.